The molecule has 0 aromatic heterocycles. The highest BCUT2D eigenvalue weighted by molar-refractivity contribution is 5.55. The van der Waals surface area contributed by atoms with Crippen LogP contribution in [-0.2, 0) is 0 Å². The molecule has 0 fully saturated rings. The molecule has 46 valence electrons. The fourth-order valence-electron chi connectivity index (χ4n) is 0.273. The Morgan fingerprint density at radius 1 is 1.75 bits per heavy atom. The molecule has 2 nitrogen and oxygen atoms in total. The van der Waals surface area contributed by atoms with E-state index in [1.165, 1.54) is 0 Å². The van der Waals surface area contributed by atoms with Gasteiger partial charge in [-0.15, -0.1) is 6.58 Å². The van der Waals surface area contributed by atoms with Gasteiger partial charge in [-0.3, -0.25) is 0 Å². The van der Waals surface area contributed by atoms with Gasteiger partial charge in [0.05, 0.1) is 6.54 Å². The Hall–Kier alpha value is -0.790. The highest BCUT2D eigenvalue weighted by Gasteiger charge is 1.66. The molecule has 0 aliphatic rings. The van der Waals surface area contributed by atoms with Crippen LogP contribution in [0.4, 0.5) is 0 Å². The molecular formula is C6H12N2. The summed E-state index contributed by atoms with van der Waals surface area (Å²) < 4.78 is 0. The molecular weight excluding hydrogens is 100 g/mol. The van der Waals surface area contributed by atoms with E-state index < -0.39 is 0 Å². The summed E-state index contributed by atoms with van der Waals surface area (Å²) in [7, 11) is 0. The van der Waals surface area contributed by atoms with Crippen LogP contribution in [-0.4, -0.2) is 12.8 Å². The number of rotatable bonds is 4. The van der Waals surface area contributed by atoms with Crippen molar-refractivity contribution in [1.29, 1.82) is 0 Å². The van der Waals surface area contributed by atoms with Crippen molar-refractivity contribution in [3.05, 3.63) is 12.7 Å². The largest absolute Gasteiger partial charge is 0.307 e. The first-order valence-electron chi connectivity index (χ1n) is 2.77. The van der Waals surface area contributed by atoms with Crippen LogP contribution in [0, 0.1) is 0 Å². The summed E-state index contributed by atoms with van der Waals surface area (Å²) in [5.41, 5.74) is 2.79. The van der Waals surface area contributed by atoms with Gasteiger partial charge in [-0.25, -0.2) is 0 Å². The SMILES string of the molecule is C=CCNN=CCC. The zero-order valence-corrected chi connectivity index (χ0v) is 5.22. The summed E-state index contributed by atoms with van der Waals surface area (Å²) >= 11 is 0. The molecule has 0 aromatic rings. The van der Waals surface area contributed by atoms with E-state index in [0.29, 0.717) is 0 Å². The lowest BCUT2D eigenvalue weighted by Gasteiger charge is -1.88. The molecule has 0 atom stereocenters. The lowest BCUT2D eigenvalue weighted by Crippen LogP contribution is -2.03. The maximum absolute atomic E-state index is 3.83. The Kier molecular flexibility index (Phi) is 5.60. The summed E-state index contributed by atoms with van der Waals surface area (Å²) in [5, 5.41) is 3.83. The molecule has 0 spiro atoms. The van der Waals surface area contributed by atoms with E-state index in [2.05, 4.69) is 17.1 Å². The third kappa shape index (κ3) is 5.21. The van der Waals surface area contributed by atoms with Gasteiger partial charge in [0.2, 0.25) is 0 Å². The molecule has 0 aromatic carbocycles. The van der Waals surface area contributed by atoms with E-state index >= 15 is 0 Å². The molecule has 0 heterocycles. The third-order valence-corrected chi connectivity index (χ3v) is 0.601. The molecule has 0 rings (SSSR count). The first kappa shape index (κ1) is 7.21. The predicted octanol–water partition coefficient (Wildman–Crippen LogP) is 1.16. The van der Waals surface area contributed by atoms with Crippen molar-refractivity contribution in [1.82, 2.24) is 5.43 Å². The molecule has 2 heteroatoms. The van der Waals surface area contributed by atoms with Gasteiger partial charge >= 0.3 is 0 Å². The van der Waals surface area contributed by atoms with Crippen molar-refractivity contribution in [2.45, 2.75) is 13.3 Å². The first-order valence-corrected chi connectivity index (χ1v) is 2.77. The quantitative estimate of drug-likeness (QED) is 0.251. The lowest BCUT2D eigenvalue weighted by atomic mass is 10.6. The smallest absolute Gasteiger partial charge is 0.0507 e. The standard InChI is InChI=1S/C6H12N2/c1-3-5-7-8-6-4-2/h3,6-7H,1,4-5H2,2H3. The number of nitrogens with one attached hydrogen (secondary N) is 1. The van der Waals surface area contributed by atoms with Gasteiger partial charge in [0.1, 0.15) is 0 Å². The molecule has 0 unspecified atom stereocenters. The van der Waals surface area contributed by atoms with Crippen LogP contribution < -0.4 is 5.43 Å². The van der Waals surface area contributed by atoms with Crippen LogP contribution in [0.1, 0.15) is 13.3 Å². The number of nitrogens with zero attached hydrogens (tertiary/aromatic N) is 1. The summed E-state index contributed by atoms with van der Waals surface area (Å²) in [6, 6.07) is 0. The van der Waals surface area contributed by atoms with Crippen molar-refractivity contribution in [3.8, 4) is 0 Å². The summed E-state index contributed by atoms with van der Waals surface area (Å²) in [6.07, 6.45) is 4.57. The maximum atomic E-state index is 3.83. The van der Waals surface area contributed by atoms with E-state index in [4.69, 9.17) is 0 Å². The van der Waals surface area contributed by atoms with E-state index in [0.717, 1.165) is 13.0 Å². The van der Waals surface area contributed by atoms with Crippen LogP contribution in [0.25, 0.3) is 0 Å². The molecule has 8 heavy (non-hydrogen) atoms. The highest BCUT2D eigenvalue weighted by Crippen LogP contribution is 1.65. The van der Waals surface area contributed by atoms with E-state index in [1.807, 2.05) is 13.1 Å². The van der Waals surface area contributed by atoms with Crippen LogP contribution in [0.15, 0.2) is 17.8 Å². The maximum Gasteiger partial charge on any atom is 0.0507 e. The topological polar surface area (TPSA) is 24.4 Å². The zero-order valence-electron chi connectivity index (χ0n) is 5.22. The van der Waals surface area contributed by atoms with Gasteiger partial charge in [-0.1, -0.05) is 13.0 Å². The zero-order chi connectivity index (χ0) is 6.24. The first-order chi connectivity index (χ1) is 3.91. The second-order valence-electron chi connectivity index (χ2n) is 1.37. The van der Waals surface area contributed by atoms with Gasteiger partial charge < -0.3 is 5.43 Å². The monoisotopic (exact) mass is 112 g/mol. The summed E-state index contributed by atoms with van der Waals surface area (Å²) in [6.45, 7) is 6.31. The number of hydrazone groups is 1. The van der Waals surface area contributed by atoms with Gasteiger partial charge in [0.15, 0.2) is 0 Å². The minimum Gasteiger partial charge on any atom is -0.307 e. The minimum atomic E-state index is 0.747. The van der Waals surface area contributed by atoms with Crippen LogP contribution in [0.3, 0.4) is 0 Å². The van der Waals surface area contributed by atoms with Gasteiger partial charge in [-0.05, 0) is 6.42 Å². The van der Waals surface area contributed by atoms with E-state index in [9.17, 15) is 0 Å². The number of hydrogen-bond acceptors (Lipinski definition) is 2. The second-order valence-corrected chi connectivity index (χ2v) is 1.37. The Bertz CT molecular complexity index is 76.6. The van der Waals surface area contributed by atoms with Crippen molar-refractivity contribution in [2.75, 3.05) is 6.54 Å². The fraction of sp³-hybridized carbons (Fsp3) is 0.500. The van der Waals surface area contributed by atoms with Gasteiger partial charge in [0.25, 0.3) is 0 Å². The van der Waals surface area contributed by atoms with E-state index in [1.54, 1.807) is 6.08 Å². The lowest BCUT2D eigenvalue weighted by molar-refractivity contribution is 0.828. The van der Waals surface area contributed by atoms with Crippen LogP contribution >= 0.6 is 0 Å². The van der Waals surface area contributed by atoms with Crippen molar-refractivity contribution in [2.24, 2.45) is 5.10 Å². The van der Waals surface area contributed by atoms with Crippen molar-refractivity contribution in [3.63, 3.8) is 0 Å². The predicted molar refractivity (Wildman–Crippen MR) is 37.0 cm³/mol. The van der Waals surface area contributed by atoms with Crippen molar-refractivity contribution >= 4 is 6.21 Å². The Labute approximate surface area is 50.3 Å². The van der Waals surface area contributed by atoms with Gasteiger partial charge in [-0.2, -0.15) is 5.10 Å². The van der Waals surface area contributed by atoms with Crippen molar-refractivity contribution < 1.29 is 0 Å². The minimum absolute atomic E-state index is 0.747. The fourth-order valence-corrected chi connectivity index (χ4v) is 0.273. The normalized spacial score (nSPS) is 9.62. The summed E-state index contributed by atoms with van der Waals surface area (Å²) in [4.78, 5) is 0. The molecule has 1 N–H and O–H groups in total. The molecule has 0 amide bonds. The Balaban J connectivity index is 2.90. The Morgan fingerprint density at radius 3 is 3.00 bits per heavy atom. The molecule has 0 saturated carbocycles. The third-order valence-electron chi connectivity index (χ3n) is 0.601. The number of hydrogen-bond donors (Lipinski definition) is 1. The van der Waals surface area contributed by atoms with Crippen LogP contribution in [0.5, 0.6) is 0 Å². The average molecular weight is 112 g/mol. The Morgan fingerprint density at radius 2 is 2.50 bits per heavy atom. The molecule has 0 saturated heterocycles. The molecule has 0 radical (unpaired) electrons. The highest BCUT2D eigenvalue weighted by atomic mass is 15.3. The second kappa shape index (κ2) is 6.21. The summed E-state index contributed by atoms with van der Waals surface area (Å²) in [5.74, 6) is 0. The molecule has 0 aliphatic carbocycles. The van der Waals surface area contributed by atoms with Gasteiger partial charge in [0, 0.05) is 6.21 Å². The van der Waals surface area contributed by atoms with E-state index in [-0.39, 0.29) is 0 Å². The van der Waals surface area contributed by atoms with Crippen LogP contribution in [0.2, 0.25) is 0 Å². The molecule has 0 bridgehead atoms. The average Bonchev–Trinajstić information content (AvgIpc) is 1.81. The molecule has 0 aliphatic heterocycles.